The average Bonchev–Trinajstić information content (AvgIpc) is 2.28. The van der Waals surface area contributed by atoms with E-state index in [-0.39, 0.29) is 17.3 Å². The normalized spacial score (nSPS) is 19.8. The Balaban J connectivity index is 2.20. The highest BCUT2D eigenvalue weighted by Crippen LogP contribution is 2.31. The molecule has 0 heterocycles. The van der Waals surface area contributed by atoms with Gasteiger partial charge in [0, 0.05) is 6.07 Å². The van der Waals surface area contributed by atoms with Gasteiger partial charge in [0.1, 0.15) is 17.6 Å². The number of rotatable bonds is 2. The molecule has 0 bridgehead atoms. The second-order valence-corrected chi connectivity index (χ2v) is 5.98. The van der Waals surface area contributed by atoms with Crippen LogP contribution in [0.15, 0.2) is 30.4 Å². The Hall–Kier alpha value is -1.44. The summed E-state index contributed by atoms with van der Waals surface area (Å²) in [6, 6.07) is 5.53. The number of phenolic OH excluding ortho intramolecular Hbond substituents is 1. The minimum atomic E-state index is 0.0131. The maximum atomic E-state index is 9.79. The molecule has 0 amide bonds. The van der Waals surface area contributed by atoms with Crippen molar-refractivity contribution in [3.63, 3.8) is 0 Å². The van der Waals surface area contributed by atoms with Gasteiger partial charge in [0.05, 0.1) is 0 Å². The lowest BCUT2D eigenvalue weighted by Gasteiger charge is -2.23. The van der Waals surface area contributed by atoms with E-state index in [0.717, 1.165) is 24.2 Å². The maximum absolute atomic E-state index is 9.79. The monoisotopic (exact) mass is 246 g/mol. The van der Waals surface area contributed by atoms with Gasteiger partial charge in [-0.05, 0) is 48.4 Å². The molecule has 0 saturated heterocycles. The lowest BCUT2D eigenvalue weighted by Crippen LogP contribution is -2.16. The van der Waals surface area contributed by atoms with Gasteiger partial charge in [-0.15, -0.1) is 0 Å². The largest absolute Gasteiger partial charge is 0.508 e. The van der Waals surface area contributed by atoms with E-state index in [4.69, 9.17) is 4.74 Å². The van der Waals surface area contributed by atoms with E-state index < -0.39 is 0 Å². The summed E-state index contributed by atoms with van der Waals surface area (Å²) >= 11 is 0. The SMILES string of the molecule is CC(C)(C)c1cc(O)cc(OC2C=CCCC2)c1. The predicted molar refractivity (Wildman–Crippen MR) is 74.2 cm³/mol. The quantitative estimate of drug-likeness (QED) is 0.793. The number of benzene rings is 1. The summed E-state index contributed by atoms with van der Waals surface area (Å²) in [6.45, 7) is 6.39. The van der Waals surface area contributed by atoms with Gasteiger partial charge in [-0.3, -0.25) is 0 Å². The standard InChI is InChI=1S/C16H22O2/c1-16(2,3)12-9-13(17)11-15(10-12)18-14-7-5-4-6-8-14/h5,7,9-11,14,17H,4,6,8H2,1-3H3. The van der Waals surface area contributed by atoms with Crippen LogP contribution in [0.5, 0.6) is 11.5 Å². The summed E-state index contributed by atoms with van der Waals surface area (Å²) in [6.07, 6.45) is 7.80. The molecule has 1 aromatic rings. The first-order valence-electron chi connectivity index (χ1n) is 6.63. The molecule has 1 aliphatic rings. The average molecular weight is 246 g/mol. The second-order valence-electron chi connectivity index (χ2n) is 5.98. The van der Waals surface area contributed by atoms with E-state index in [1.807, 2.05) is 12.1 Å². The fourth-order valence-corrected chi connectivity index (χ4v) is 2.14. The van der Waals surface area contributed by atoms with E-state index in [2.05, 4.69) is 32.9 Å². The predicted octanol–water partition coefficient (Wildman–Crippen LogP) is 4.18. The molecule has 0 radical (unpaired) electrons. The van der Waals surface area contributed by atoms with Crippen molar-refractivity contribution in [3.05, 3.63) is 35.9 Å². The Kier molecular flexibility index (Phi) is 3.65. The highest BCUT2D eigenvalue weighted by atomic mass is 16.5. The molecule has 1 unspecified atom stereocenters. The molecule has 1 aliphatic carbocycles. The van der Waals surface area contributed by atoms with Gasteiger partial charge in [0.25, 0.3) is 0 Å². The van der Waals surface area contributed by atoms with Crippen LogP contribution in [0.1, 0.15) is 45.6 Å². The molecular formula is C16H22O2. The summed E-state index contributed by atoms with van der Waals surface area (Å²) in [4.78, 5) is 0. The van der Waals surface area contributed by atoms with Gasteiger partial charge >= 0.3 is 0 Å². The highest BCUT2D eigenvalue weighted by Gasteiger charge is 2.17. The van der Waals surface area contributed by atoms with Crippen LogP contribution in [0.2, 0.25) is 0 Å². The number of phenols is 1. The van der Waals surface area contributed by atoms with Gasteiger partial charge in [-0.25, -0.2) is 0 Å². The smallest absolute Gasteiger partial charge is 0.124 e. The van der Waals surface area contributed by atoms with Gasteiger partial charge in [-0.2, -0.15) is 0 Å². The number of hydrogen-bond donors (Lipinski definition) is 1. The van der Waals surface area contributed by atoms with Crippen LogP contribution in [0.4, 0.5) is 0 Å². The molecule has 0 spiro atoms. The molecule has 1 N–H and O–H groups in total. The molecule has 2 heteroatoms. The van der Waals surface area contributed by atoms with Crippen molar-refractivity contribution in [2.45, 2.75) is 51.6 Å². The first-order chi connectivity index (χ1) is 8.45. The minimum absolute atomic E-state index is 0.0131. The van der Waals surface area contributed by atoms with Crippen LogP contribution in [0, 0.1) is 0 Å². The third-order valence-electron chi connectivity index (χ3n) is 3.25. The lowest BCUT2D eigenvalue weighted by atomic mass is 9.87. The number of aromatic hydroxyl groups is 1. The van der Waals surface area contributed by atoms with Crippen LogP contribution >= 0.6 is 0 Å². The van der Waals surface area contributed by atoms with Crippen LogP contribution in [0.25, 0.3) is 0 Å². The van der Waals surface area contributed by atoms with E-state index in [0.29, 0.717) is 0 Å². The number of hydrogen-bond acceptors (Lipinski definition) is 2. The van der Waals surface area contributed by atoms with Crippen molar-refractivity contribution in [1.82, 2.24) is 0 Å². The first-order valence-corrected chi connectivity index (χ1v) is 6.63. The highest BCUT2D eigenvalue weighted by molar-refractivity contribution is 5.40. The molecule has 0 aromatic heterocycles. The van der Waals surface area contributed by atoms with Crippen LogP contribution < -0.4 is 4.74 Å². The topological polar surface area (TPSA) is 29.5 Å². The summed E-state index contributed by atoms with van der Waals surface area (Å²) in [5.41, 5.74) is 1.11. The second kappa shape index (κ2) is 5.05. The Labute approximate surface area is 109 Å². The van der Waals surface area contributed by atoms with Crippen LogP contribution in [0.3, 0.4) is 0 Å². The lowest BCUT2D eigenvalue weighted by molar-refractivity contribution is 0.228. The van der Waals surface area contributed by atoms with Crippen LogP contribution in [-0.4, -0.2) is 11.2 Å². The van der Waals surface area contributed by atoms with Crippen molar-refractivity contribution in [3.8, 4) is 11.5 Å². The van der Waals surface area contributed by atoms with Crippen LogP contribution in [-0.2, 0) is 5.41 Å². The third kappa shape index (κ3) is 3.28. The first kappa shape index (κ1) is 13.0. The van der Waals surface area contributed by atoms with Crippen molar-refractivity contribution < 1.29 is 9.84 Å². The molecular weight excluding hydrogens is 224 g/mol. The fraction of sp³-hybridized carbons (Fsp3) is 0.500. The molecule has 2 nitrogen and oxygen atoms in total. The molecule has 1 atom stereocenters. The molecule has 1 aromatic carbocycles. The van der Waals surface area contributed by atoms with Gasteiger partial charge in [-0.1, -0.05) is 26.8 Å². The molecule has 0 saturated carbocycles. The summed E-state index contributed by atoms with van der Waals surface area (Å²) in [7, 11) is 0. The summed E-state index contributed by atoms with van der Waals surface area (Å²) in [5.74, 6) is 1.04. The molecule has 98 valence electrons. The molecule has 2 rings (SSSR count). The van der Waals surface area contributed by atoms with Crippen molar-refractivity contribution in [1.29, 1.82) is 0 Å². The van der Waals surface area contributed by atoms with Crippen molar-refractivity contribution in [2.24, 2.45) is 0 Å². The van der Waals surface area contributed by atoms with E-state index in [1.165, 1.54) is 6.42 Å². The third-order valence-corrected chi connectivity index (χ3v) is 3.25. The summed E-state index contributed by atoms with van der Waals surface area (Å²) in [5, 5.41) is 9.79. The Morgan fingerprint density at radius 1 is 1.22 bits per heavy atom. The van der Waals surface area contributed by atoms with E-state index in [1.54, 1.807) is 6.07 Å². The Bertz CT molecular complexity index is 441. The zero-order chi connectivity index (χ0) is 13.2. The molecule has 18 heavy (non-hydrogen) atoms. The van der Waals surface area contributed by atoms with Crippen molar-refractivity contribution >= 4 is 0 Å². The van der Waals surface area contributed by atoms with E-state index >= 15 is 0 Å². The van der Waals surface area contributed by atoms with Crippen molar-refractivity contribution in [2.75, 3.05) is 0 Å². The minimum Gasteiger partial charge on any atom is -0.508 e. The zero-order valence-corrected chi connectivity index (χ0v) is 11.4. The zero-order valence-electron chi connectivity index (χ0n) is 11.4. The number of allylic oxidation sites excluding steroid dienone is 1. The van der Waals surface area contributed by atoms with Gasteiger partial charge in [0.15, 0.2) is 0 Å². The Morgan fingerprint density at radius 2 is 2.00 bits per heavy atom. The molecule has 0 aliphatic heterocycles. The van der Waals surface area contributed by atoms with Gasteiger partial charge in [0.2, 0.25) is 0 Å². The number of ether oxygens (including phenoxy) is 1. The summed E-state index contributed by atoms with van der Waals surface area (Å²) < 4.78 is 5.93. The van der Waals surface area contributed by atoms with E-state index in [9.17, 15) is 5.11 Å². The van der Waals surface area contributed by atoms with Gasteiger partial charge < -0.3 is 9.84 Å². The Morgan fingerprint density at radius 3 is 2.61 bits per heavy atom. The molecule has 0 fully saturated rings. The maximum Gasteiger partial charge on any atom is 0.124 e. The fourth-order valence-electron chi connectivity index (χ4n) is 2.14.